The van der Waals surface area contributed by atoms with Gasteiger partial charge in [-0.05, 0) is 32.6 Å². The van der Waals surface area contributed by atoms with Gasteiger partial charge in [-0.15, -0.1) is 0 Å². The minimum atomic E-state index is -3.33. The first-order chi connectivity index (χ1) is 6.61. The monoisotopic (exact) mass is 218 g/mol. The van der Waals surface area contributed by atoms with Gasteiger partial charge in [0.15, 0.2) is 0 Å². The van der Waals surface area contributed by atoms with Crippen LogP contribution in [0.5, 0.6) is 0 Å². The lowest BCUT2D eigenvalue weighted by atomic mass is 10.1. The summed E-state index contributed by atoms with van der Waals surface area (Å²) in [6.07, 6.45) is 6.57. The highest BCUT2D eigenvalue weighted by atomic mass is 32.2. The standard InChI is InChI=1S/C10H18O3S/c1-3-6-9-7-5-8-10(9)14(11,12)13-4-2/h3,6,9-10H,4-5,7-8H2,1-2H3/b6-3-. The van der Waals surface area contributed by atoms with Gasteiger partial charge in [0.1, 0.15) is 0 Å². The summed E-state index contributed by atoms with van der Waals surface area (Å²) in [5.74, 6) is 0.150. The van der Waals surface area contributed by atoms with Crippen molar-refractivity contribution in [1.82, 2.24) is 0 Å². The van der Waals surface area contributed by atoms with Gasteiger partial charge in [-0.1, -0.05) is 18.6 Å². The van der Waals surface area contributed by atoms with Gasteiger partial charge < -0.3 is 0 Å². The second kappa shape index (κ2) is 4.94. The molecule has 0 spiro atoms. The van der Waals surface area contributed by atoms with E-state index in [1.807, 2.05) is 19.1 Å². The number of rotatable bonds is 4. The molecule has 1 fully saturated rings. The van der Waals surface area contributed by atoms with Crippen LogP contribution in [-0.2, 0) is 14.3 Å². The first-order valence-corrected chi connectivity index (χ1v) is 6.60. The summed E-state index contributed by atoms with van der Waals surface area (Å²) in [4.78, 5) is 0. The van der Waals surface area contributed by atoms with Crippen LogP contribution in [0.3, 0.4) is 0 Å². The van der Waals surface area contributed by atoms with E-state index in [9.17, 15) is 8.42 Å². The highest BCUT2D eigenvalue weighted by Gasteiger charge is 2.36. The van der Waals surface area contributed by atoms with E-state index in [1.165, 1.54) is 0 Å². The third-order valence-electron chi connectivity index (χ3n) is 2.60. The molecule has 0 aromatic carbocycles. The average molecular weight is 218 g/mol. The van der Waals surface area contributed by atoms with Crippen molar-refractivity contribution in [2.75, 3.05) is 6.61 Å². The largest absolute Gasteiger partial charge is 0.270 e. The highest BCUT2D eigenvalue weighted by Crippen LogP contribution is 2.32. The van der Waals surface area contributed by atoms with E-state index in [2.05, 4.69) is 0 Å². The van der Waals surface area contributed by atoms with E-state index >= 15 is 0 Å². The van der Waals surface area contributed by atoms with E-state index in [0.29, 0.717) is 0 Å². The molecule has 3 nitrogen and oxygen atoms in total. The van der Waals surface area contributed by atoms with E-state index in [1.54, 1.807) is 6.92 Å². The van der Waals surface area contributed by atoms with Gasteiger partial charge in [-0.25, -0.2) is 0 Å². The molecule has 0 N–H and O–H groups in total. The SMILES string of the molecule is C/C=C\C1CCCC1S(=O)(=O)OCC. The van der Waals surface area contributed by atoms with Crippen LogP contribution >= 0.6 is 0 Å². The van der Waals surface area contributed by atoms with Crippen LogP contribution < -0.4 is 0 Å². The summed E-state index contributed by atoms with van der Waals surface area (Å²) in [5, 5.41) is -0.321. The summed E-state index contributed by atoms with van der Waals surface area (Å²) < 4.78 is 28.2. The molecule has 0 heterocycles. The molecule has 1 aliphatic rings. The van der Waals surface area contributed by atoms with Crippen molar-refractivity contribution < 1.29 is 12.6 Å². The molecular weight excluding hydrogens is 200 g/mol. The maximum atomic E-state index is 11.7. The normalized spacial score (nSPS) is 28.7. The molecule has 14 heavy (non-hydrogen) atoms. The predicted octanol–water partition coefficient (Wildman–Crippen LogP) is 2.10. The predicted molar refractivity (Wildman–Crippen MR) is 56.5 cm³/mol. The molecule has 2 atom stereocenters. The average Bonchev–Trinajstić information content (AvgIpc) is 2.53. The molecule has 4 heteroatoms. The topological polar surface area (TPSA) is 43.4 Å². The van der Waals surface area contributed by atoms with Crippen molar-refractivity contribution in [3.05, 3.63) is 12.2 Å². The number of hydrogen-bond acceptors (Lipinski definition) is 3. The van der Waals surface area contributed by atoms with Gasteiger partial charge >= 0.3 is 0 Å². The maximum Gasteiger partial charge on any atom is 0.270 e. The second-order valence-electron chi connectivity index (χ2n) is 3.56. The quantitative estimate of drug-likeness (QED) is 0.536. The Morgan fingerprint density at radius 3 is 2.71 bits per heavy atom. The van der Waals surface area contributed by atoms with Crippen molar-refractivity contribution >= 4 is 10.1 Å². The van der Waals surface area contributed by atoms with E-state index in [-0.39, 0.29) is 17.8 Å². The van der Waals surface area contributed by atoms with Gasteiger partial charge in [0.2, 0.25) is 0 Å². The zero-order chi connectivity index (χ0) is 10.6. The molecule has 0 aromatic heterocycles. The summed E-state index contributed by atoms with van der Waals surface area (Å²) in [5.41, 5.74) is 0. The van der Waals surface area contributed by atoms with Gasteiger partial charge in [0, 0.05) is 0 Å². The summed E-state index contributed by atoms with van der Waals surface area (Å²) in [7, 11) is -3.33. The fourth-order valence-corrected chi connectivity index (χ4v) is 3.65. The first-order valence-electron chi connectivity index (χ1n) is 5.13. The molecule has 2 unspecified atom stereocenters. The Morgan fingerprint density at radius 1 is 1.43 bits per heavy atom. The summed E-state index contributed by atoms with van der Waals surface area (Å²) in [6.45, 7) is 3.86. The fourth-order valence-electron chi connectivity index (χ4n) is 2.03. The Kier molecular flexibility index (Phi) is 4.13. The molecule has 0 bridgehead atoms. The number of hydrogen-bond donors (Lipinski definition) is 0. The minimum Gasteiger partial charge on any atom is -0.270 e. The van der Waals surface area contributed by atoms with Crippen LogP contribution in [0.25, 0.3) is 0 Å². The third kappa shape index (κ3) is 2.58. The second-order valence-corrected chi connectivity index (χ2v) is 5.39. The van der Waals surface area contributed by atoms with Crippen molar-refractivity contribution in [2.45, 2.75) is 38.4 Å². The lowest BCUT2D eigenvalue weighted by molar-refractivity contribution is 0.327. The third-order valence-corrected chi connectivity index (χ3v) is 4.49. The lowest BCUT2D eigenvalue weighted by Crippen LogP contribution is -2.26. The van der Waals surface area contributed by atoms with Crippen LogP contribution in [0, 0.1) is 5.92 Å². The Hall–Kier alpha value is -0.350. The molecule has 1 rings (SSSR count). The Labute approximate surface area is 86.3 Å². The van der Waals surface area contributed by atoms with Gasteiger partial charge in [0.05, 0.1) is 11.9 Å². The fraction of sp³-hybridized carbons (Fsp3) is 0.800. The molecule has 1 aliphatic carbocycles. The highest BCUT2D eigenvalue weighted by molar-refractivity contribution is 7.87. The van der Waals surface area contributed by atoms with Gasteiger partial charge in [-0.3, -0.25) is 4.18 Å². The first kappa shape index (κ1) is 11.7. The van der Waals surface area contributed by atoms with Crippen LogP contribution in [0.15, 0.2) is 12.2 Å². The van der Waals surface area contributed by atoms with Crippen LogP contribution in [0.2, 0.25) is 0 Å². The molecule has 0 radical (unpaired) electrons. The zero-order valence-corrected chi connectivity index (χ0v) is 9.59. The molecule has 1 saturated carbocycles. The Balaban J connectivity index is 2.76. The Bertz CT molecular complexity index is 292. The van der Waals surface area contributed by atoms with Crippen LogP contribution in [0.1, 0.15) is 33.1 Å². The van der Waals surface area contributed by atoms with Gasteiger partial charge in [0.25, 0.3) is 10.1 Å². The molecule has 82 valence electrons. The summed E-state index contributed by atoms with van der Waals surface area (Å²) >= 11 is 0. The minimum absolute atomic E-state index is 0.150. The van der Waals surface area contributed by atoms with Crippen molar-refractivity contribution in [1.29, 1.82) is 0 Å². The van der Waals surface area contributed by atoms with Crippen LogP contribution in [-0.4, -0.2) is 20.3 Å². The maximum absolute atomic E-state index is 11.7. The molecule has 0 amide bonds. The van der Waals surface area contributed by atoms with Crippen molar-refractivity contribution in [3.8, 4) is 0 Å². The van der Waals surface area contributed by atoms with Crippen molar-refractivity contribution in [2.24, 2.45) is 5.92 Å². The lowest BCUT2D eigenvalue weighted by Gasteiger charge is -2.15. The zero-order valence-electron chi connectivity index (χ0n) is 8.77. The molecule has 0 aromatic rings. The molecular formula is C10H18O3S. The molecule has 0 aliphatic heterocycles. The van der Waals surface area contributed by atoms with Gasteiger partial charge in [-0.2, -0.15) is 8.42 Å². The Morgan fingerprint density at radius 2 is 2.14 bits per heavy atom. The molecule has 0 saturated heterocycles. The van der Waals surface area contributed by atoms with Crippen molar-refractivity contribution in [3.63, 3.8) is 0 Å². The van der Waals surface area contributed by atoms with Crippen LogP contribution in [0.4, 0.5) is 0 Å². The van der Waals surface area contributed by atoms with E-state index in [4.69, 9.17) is 4.18 Å². The number of allylic oxidation sites excluding steroid dienone is 2. The van der Waals surface area contributed by atoms with E-state index in [0.717, 1.165) is 19.3 Å². The smallest absolute Gasteiger partial charge is 0.270 e. The van der Waals surface area contributed by atoms with E-state index < -0.39 is 10.1 Å². The summed E-state index contributed by atoms with van der Waals surface area (Å²) in [6, 6.07) is 0.